The molecule has 4 nitrogen and oxygen atoms in total. The molecule has 1 fully saturated rings. The Kier molecular flexibility index (Phi) is 2.42. The predicted molar refractivity (Wildman–Crippen MR) is 76.2 cm³/mol. The van der Waals surface area contributed by atoms with Gasteiger partial charge >= 0.3 is 0 Å². The number of aliphatic hydroxyl groups is 4. The normalized spacial score (nSPS) is 31.6. The molecule has 4 rings (SSSR count). The minimum atomic E-state index is -2.65. The van der Waals surface area contributed by atoms with E-state index in [4.69, 9.17) is 0 Å². The van der Waals surface area contributed by atoms with E-state index in [9.17, 15) is 20.4 Å². The van der Waals surface area contributed by atoms with Crippen molar-refractivity contribution in [3.63, 3.8) is 0 Å². The Morgan fingerprint density at radius 3 is 2.29 bits per heavy atom. The van der Waals surface area contributed by atoms with Crippen LogP contribution in [0.4, 0.5) is 0 Å². The lowest BCUT2D eigenvalue weighted by molar-refractivity contribution is -0.309. The van der Waals surface area contributed by atoms with Gasteiger partial charge in [0.15, 0.2) is 0 Å². The molecule has 1 spiro atoms. The largest absolute Gasteiger partial charge is 0.358 e. The number of benzene rings is 1. The van der Waals surface area contributed by atoms with Crippen molar-refractivity contribution in [3.05, 3.63) is 58.7 Å². The average molecular weight is 286 g/mol. The maximum Gasteiger partial charge on any atom is 0.243 e. The zero-order valence-corrected chi connectivity index (χ0v) is 11.6. The van der Waals surface area contributed by atoms with Crippen LogP contribution >= 0.6 is 0 Å². The van der Waals surface area contributed by atoms with Gasteiger partial charge in [-0.3, -0.25) is 0 Å². The van der Waals surface area contributed by atoms with Crippen molar-refractivity contribution in [1.82, 2.24) is 0 Å². The van der Waals surface area contributed by atoms with Gasteiger partial charge < -0.3 is 20.4 Å². The van der Waals surface area contributed by atoms with Gasteiger partial charge in [-0.15, -0.1) is 0 Å². The van der Waals surface area contributed by atoms with Crippen molar-refractivity contribution < 1.29 is 20.4 Å². The fraction of sp³-hybridized carbons (Fsp3) is 0.412. The van der Waals surface area contributed by atoms with E-state index in [1.54, 1.807) is 0 Å². The Labute approximate surface area is 122 Å². The van der Waals surface area contributed by atoms with Crippen molar-refractivity contribution in [2.24, 2.45) is 0 Å². The van der Waals surface area contributed by atoms with E-state index in [0.29, 0.717) is 0 Å². The molecular formula is C17H18O4. The topological polar surface area (TPSA) is 80.9 Å². The minimum absolute atomic E-state index is 0.213. The summed E-state index contributed by atoms with van der Waals surface area (Å²) in [6.07, 6.45) is 5.91. The van der Waals surface area contributed by atoms with Gasteiger partial charge in [-0.25, -0.2) is 0 Å². The zero-order valence-electron chi connectivity index (χ0n) is 11.6. The summed E-state index contributed by atoms with van der Waals surface area (Å²) in [6.45, 7) is 0. The molecule has 1 aromatic rings. The van der Waals surface area contributed by atoms with E-state index in [2.05, 4.69) is 12.1 Å². The summed E-state index contributed by atoms with van der Waals surface area (Å²) in [6, 6.07) is 8.24. The third kappa shape index (κ3) is 1.59. The first-order valence-electron chi connectivity index (χ1n) is 7.29. The van der Waals surface area contributed by atoms with Crippen LogP contribution in [0.25, 0.3) is 0 Å². The summed E-state index contributed by atoms with van der Waals surface area (Å²) >= 11 is 0. The van der Waals surface area contributed by atoms with Crippen LogP contribution in [-0.2, 0) is 11.8 Å². The first-order chi connectivity index (χ1) is 9.86. The SMILES string of the molecule is OC1(O)C=C2CCC3(CCc4ccccc43)C2=CC1(O)O. The molecule has 3 aliphatic rings. The van der Waals surface area contributed by atoms with Crippen LogP contribution in [0.5, 0.6) is 0 Å². The molecule has 0 saturated heterocycles. The molecule has 1 saturated carbocycles. The number of hydrogen-bond donors (Lipinski definition) is 4. The summed E-state index contributed by atoms with van der Waals surface area (Å²) < 4.78 is 0. The van der Waals surface area contributed by atoms with Gasteiger partial charge in [-0.05, 0) is 60.1 Å². The number of aryl methyl sites for hydroxylation is 1. The Hall–Kier alpha value is -1.46. The van der Waals surface area contributed by atoms with Crippen molar-refractivity contribution in [2.75, 3.05) is 0 Å². The van der Waals surface area contributed by atoms with E-state index >= 15 is 0 Å². The van der Waals surface area contributed by atoms with Crippen LogP contribution < -0.4 is 0 Å². The van der Waals surface area contributed by atoms with Gasteiger partial charge in [0, 0.05) is 5.41 Å². The molecule has 21 heavy (non-hydrogen) atoms. The highest BCUT2D eigenvalue weighted by Crippen LogP contribution is 2.57. The molecule has 4 heteroatoms. The van der Waals surface area contributed by atoms with E-state index < -0.39 is 11.6 Å². The molecule has 0 heterocycles. The molecule has 4 N–H and O–H groups in total. The van der Waals surface area contributed by atoms with Crippen molar-refractivity contribution >= 4 is 0 Å². The molecule has 0 amide bonds. The van der Waals surface area contributed by atoms with Gasteiger partial charge in [0.05, 0.1) is 0 Å². The summed E-state index contributed by atoms with van der Waals surface area (Å²) in [5.74, 6) is -5.28. The quantitative estimate of drug-likeness (QED) is 0.534. The van der Waals surface area contributed by atoms with Gasteiger partial charge in [0.2, 0.25) is 11.6 Å². The summed E-state index contributed by atoms with van der Waals surface area (Å²) in [5.41, 5.74) is 3.98. The Bertz CT molecular complexity index is 684. The van der Waals surface area contributed by atoms with Crippen LogP contribution in [0.2, 0.25) is 0 Å². The fourth-order valence-electron chi connectivity index (χ4n) is 4.19. The van der Waals surface area contributed by atoms with Crippen LogP contribution in [-0.4, -0.2) is 32.0 Å². The summed E-state index contributed by atoms with van der Waals surface area (Å²) in [5, 5.41) is 39.6. The molecule has 0 bridgehead atoms. The average Bonchev–Trinajstić information content (AvgIpc) is 2.95. The second kappa shape index (κ2) is 3.84. The van der Waals surface area contributed by atoms with Crippen LogP contribution in [0.1, 0.15) is 30.4 Å². The standard InChI is InChI=1S/C17H18O4/c18-16(19)9-12-6-8-15(14(12)10-17(16,20)21)7-5-11-3-1-2-4-13(11)15/h1-4,9-10,18-21H,5-8H2. The van der Waals surface area contributed by atoms with Crippen molar-refractivity contribution in [2.45, 2.75) is 42.7 Å². The van der Waals surface area contributed by atoms with Crippen molar-refractivity contribution in [3.8, 4) is 0 Å². The molecule has 1 atom stereocenters. The molecule has 1 aromatic carbocycles. The molecule has 3 aliphatic carbocycles. The van der Waals surface area contributed by atoms with Gasteiger partial charge in [-0.1, -0.05) is 24.3 Å². The second-order valence-electron chi connectivity index (χ2n) is 6.42. The molecular weight excluding hydrogens is 268 g/mol. The van der Waals surface area contributed by atoms with Crippen LogP contribution in [0, 0.1) is 0 Å². The predicted octanol–water partition coefficient (Wildman–Crippen LogP) is 0.893. The van der Waals surface area contributed by atoms with Crippen LogP contribution in [0.15, 0.2) is 47.6 Å². The second-order valence-corrected chi connectivity index (χ2v) is 6.42. The Morgan fingerprint density at radius 1 is 0.810 bits per heavy atom. The highest BCUT2D eigenvalue weighted by Gasteiger charge is 2.54. The van der Waals surface area contributed by atoms with Gasteiger partial charge in [-0.2, -0.15) is 0 Å². The molecule has 110 valence electrons. The Morgan fingerprint density at radius 2 is 1.48 bits per heavy atom. The fourth-order valence-corrected chi connectivity index (χ4v) is 4.19. The number of fused-ring (bicyclic) bond motifs is 4. The smallest absolute Gasteiger partial charge is 0.243 e. The van der Waals surface area contributed by atoms with Gasteiger partial charge in [0.25, 0.3) is 0 Å². The summed E-state index contributed by atoms with van der Waals surface area (Å²) in [4.78, 5) is 0. The number of rotatable bonds is 0. The van der Waals surface area contributed by atoms with Gasteiger partial charge in [0.1, 0.15) is 0 Å². The van der Waals surface area contributed by atoms with E-state index in [1.165, 1.54) is 23.3 Å². The van der Waals surface area contributed by atoms with Crippen molar-refractivity contribution in [1.29, 1.82) is 0 Å². The van der Waals surface area contributed by atoms with E-state index in [0.717, 1.165) is 36.8 Å². The first-order valence-corrected chi connectivity index (χ1v) is 7.29. The monoisotopic (exact) mass is 286 g/mol. The maximum absolute atomic E-state index is 9.98. The highest BCUT2D eigenvalue weighted by molar-refractivity contribution is 5.58. The van der Waals surface area contributed by atoms with E-state index in [-0.39, 0.29) is 5.41 Å². The first kappa shape index (κ1) is 13.2. The lowest BCUT2D eigenvalue weighted by atomic mass is 9.74. The zero-order chi connectivity index (χ0) is 14.9. The number of allylic oxidation sites excluding steroid dienone is 2. The number of hydrogen-bond acceptors (Lipinski definition) is 4. The van der Waals surface area contributed by atoms with E-state index in [1.807, 2.05) is 12.1 Å². The lowest BCUT2D eigenvalue weighted by Gasteiger charge is -2.37. The molecule has 1 unspecified atom stereocenters. The molecule has 0 radical (unpaired) electrons. The maximum atomic E-state index is 9.98. The van der Waals surface area contributed by atoms with Crippen LogP contribution in [0.3, 0.4) is 0 Å². The summed E-state index contributed by atoms with van der Waals surface area (Å²) in [7, 11) is 0. The molecule has 0 aromatic heterocycles. The lowest BCUT2D eigenvalue weighted by Crippen LogP contribution is -2.54. The highest BCUT2D eigenvalue weighted by atomic mass is 16.6. The minimum Gasteiger partial charge on any atom is -0.358 e. The Balaban J connectivity index is 1.90. The third-order valence-corrected chi connectivity index (χ3v) is 5.30. The third-order valence-electron chi connectivity index (χ3n) is 5.30. The molecule has 0 aliphatic heterocycles.